The van der Waals surface area contributed by atoms with Crippen molar-refractivity contribution in [1.82, 2.24) is 9.80 Å². The summed E-state index contributed by atoms with van der Waals surface area (Å²) >= 11 is 0. The predicted molar refractivity (Wildman–Crippen MR) is 69.5 cm³/mol. The standard InChI is InChI=1S/C13H22N2O4/c1-3-14(9-6-12(17)18)13(19)11-4-7-15(8-5-11)10(2)16/h11H,3-9H2,1-2H3,(H,17,18). The molecule has 0 aromatic heterocycles. The van der Waals surface area contributed by atoms with E-state index in [2.05, 4.69) is 0 Å². The Labute approximate surface area is 113 Å². The number of amides is 2. The molecule has 2 amide bonds. The Morgan fingerprint density at radius 1 is 1.26 bits per heavy atom. The Bertz CT molecular complexity index is 349. The van der Waals surface area contributed by atoms with E-state index in [0.29, 0.717) is 32.5 Å². The van der Waals surface area contributed by atoms with Crippen molar-refractivity contribution in [2.45, 2.75) is 33.1 Å². The van der Waals surface area contributed by atoms with Crippen LogP contribution in [0.15, 0.2) is 0 Å². The van der Waals surface area contributed by atoms with Crippen molar-refractivity contribution in [3.05, 3.63) is 0 Å². The molecule has 6 heteroatoms. The molecule has 0 bridgehead atoms. The molecule has 0 saturated carbocycles. The lowest BCUT2D eigenvalue weighted by Crippen LogP contribution is -2.44. The number of aliphatic carboxylic acids is 1. The second-order valence-electron chi connectivity index (χ2n) is 4.84. The van der Waals surface area contributed by atoms with Gasteiger partial charge < -0.3 is 14.9 Å². The third-order valence-electron chi connectivity index (χ3n) is 3.58. The molecule has 6 nitrogen and oxygen atoms in total. The molecule has 19 heavy (non-hydrogen) atoms. The van der Waals surface area contributed by atoms with Crippen molar-refractivity contribution in [1.29, 1.82) is 0 Å². The van der Waals surface area contributed by atoms with Crippen LogP contribution in [0.1, 0.15) is 33.1 Å². The highest BCUT2D eigenvalue weighted by atomic mass is 16.4. The van der Waals surface area contributed by atoms with Gasteiger partial charge in [-0.05, 0) is 19.8 Å². The van der Waals surface area contributed by atoms with Gasteiger partial charge in [-0.15, -0.1) is 0 Å². The Balaban J connectivity index is 2.48. The van der Waals surface area contributed by atoms with Crippen molar-refractivity contribution < 1.29 is 19.5 Å². The molecule has 0 radical (unpaired) electrons. The molecule has 1 heterocycles. The van der Waals surface area contributed by atoms with Crippen molar-refractivity contribution >= 4 is 17.8 Å². The molecule has 1 aliphatic heterocycles. The van der Waals surface area contributed by atoms with Crippen LogP contribution in [0.3, 0.4) is 0 Å². The molecule has 0 spiro atoms. The van der Waals surface area contributed by atoms with Gasteiger partial charge >= 0.3 is 5.97 Å². The number of carbonyl (C=O) groups is 3. The van der Waals surface area contributed by atoms with Crippen molar-refractivity contribution in [3.63, 3.8) is 0 Å². The minimum atomic E-state index is -0.891. The average Bonchev–Trinajstić information content (AvgIpc) is 2.39. The second-order valence-corrected chi connectivity index (χ2v) is 4.84. The molecule has 0 aromatic carbocycles. The van der Waals surface area contributed by atoms with Crippen LogP contribution in [0.2, 0.25) is 0 Å². The summed E-state index contributed by atoms with van der Waals surface area (Å²) < 4.78 is 0. The van der Waals surface area contributed by atoms with Gasteiger partial charge in [-0.3, -0.25) is 14.4 Å². The van der Waals surface area contributed by atoms with Crippen LogP contribution in [0.25, 0.3) is 0 Å². The first-order valence-corrected chi connectivity index (χ1v) is 6.71. The van der Waals surface area contributed by atoms with Gasteiger partial charge in [0.1, 0.15) is 0 Å². The van der Waals surface area contributed by atoms with Crippen molar-refractivity contribution in [3.8, 4) is 0 Å². The summed E-state index contributed by atoms with van der Waals surface area (Å²) in [5.41, 5.74) is 0. The molecular formula is C13H22N2O4. The van der Waals surface area contributed by atoms with E-state index < -0.39 is 5.97 Å². The molecule has 0 aliphatic carbocycles. The summed E-state index contributed by atoms with van der Waals surface area (Å²) in [6, 6.07) is 0. The van der Waals surface area contributed by atoms with Crippen LogP contribution in [0, 0.1) is 5.92 Å². The molecule has 0 atom stereocenters. The maximum Gasteiger partial charge on any atom is 0.305 e. The molecule has 108 valence electrons. The summed E-state index contributed by atoms with van der Waals surface area (Å²) in [7, 11) is 0. The molecule has 1 fully saturated rings. The number of hydrogen-bond acceptors (Lipinski definition) is 3. The third-order valence-corrected chi connectivity index (χ3v) is 3.58. The summed E-state index contributed by atoms with van der Waals surface area (Å²) in [6.45, 7) is 5.40. The summed E-state index contributed by atoms with van der Waals surface area (Å²) in [5.74, 6) is -0.905. The SMILES string of the molecule is CCN(CCC(=O)O)C(=O)C1CCN(C(C)=O)CC1. The van der Waals surface area contributed by atoms with E-state index in [4.69, 9.17) is 5.11 Å². The second kappa shape index (κ2) is 7.11. The van der Waals surface area contributed by atoms with Crippen LogP contribution in [-0.2, 0) is 14.4 Å². The zero-order chi connectivity index (χ0) is 14.4. The highest BCUT2D eigenvalue weighted by Gasteiger charge is 2.28. The van der Waals surface area contributed by atoms with Crippen LogP contribution in [0.5, 0.6) is 0 Å². The maximum atomic E-state index is 12.2. The van der Waals surface area contributed by atoms with Gasteiger partial charge in [0.15, 0.2) is 0 Å². The molecule has 0 unspecified atom stereocenters. The third kappa shape index (κ3) is 4.54. The van der Waals surface area contributed by atoms with E-state index >= 15 is 0 Å². The van der Waals surface area contributed by atoms with E-state index in [1.807, 2.05) is 6.92 Å². The largest absolute Gasteiger partial charge is 0.481 e. The number of carboxylic acids is 1. The zero-order valence-corrected chi connectivity index (χ0v) is 11.6. The highest BCUT2D eigenvalue weighted by Crippen LogP contribution is 2.19. The maximum absolute atomic E-state index is 12.2. The fourth-order valence-corrected chi connectivity index (χ4v) is 2.35. The smallest absolute Gasteiger partial charge is 0.305 e. The molecule has 1 saturated heterocycles. The number of rotatable bonds is 5. The first kappa shape index (κ1) is 15.5. The van der Waals surface area contributed by atoms with Gasteiger partial charge in [-0.25, -0.2) is 0 Å². The molecular weight excluding hydrogens is 248 g/mol. The quantitative estimate of drug-likeness (QED) is 0.792. The Morgan fingerprint density at radius 3 is 2.26 bits per heavy atom. The van der Waals surface area contributed by atoms with Gasteiger partial charge in [0.05, 0.1) is 6.42 Å². The Kier molecular flexibility index (Phi) is 5.79. The van der Waals surface area contributed by atoms with E-state index in [-0.39, 0.29) is 30.7 Å². The topological polar surface area (TPSA) is 77.9 Å². The number of carbonyl (C=O) groups excluding carboxylic acids is 2. The fourth-order valence-electron chi connectivity index (χ4n) is 2.35. The van der Waals surface area contributed by atoms with Crippen LogP contribution in [0.4, 0.5) is 0 Å². The van der Waals surface area contributed by atoms with Gasteiger partial charge in [0.2, 0.25) is 11.8 Å². The molecule has 1 aliphatic rings. The number of nitrogens with zero attached hydrogens (tertiary/aromatic N) is 2. The highest BCUT2D eigenvalue weighted by molar-refractivity contribution is 5.80. The van der Waals surface area contributed by atoms with Crippen LogP contribution in [-0.4, -0.2) is 58.9 Å². The first-order chi connectivity index (χ1) is 8.95. The average molecular weight is 270 g/mol. The Hall–Kier alpha value is -1.59. The van der Waals surface area contributed by atoms with Gasteiger partial charge in [0, 0.05) is 39.0 Å². The number of piperidine rings is 1. The molecule has 1 N–H and O–H groups in total. The van der Waals surface area contributed by atoms with E-state index in [0.717, 1.165) is 0 Å². The lowest BCUT2D eigenvalue weighted by atomic mass is 9.95. The summed E-state index contributed by atoms with van der Waals surface area (Å²) in [4.78, 5) is 37.4. The van der Waals surface area contributed by atoms with Gasteiger partial charge in [-0.1, -0.05) is 0 Å². The normalized spacial score (nSPS) is 16.2. The zero-order valence-electron chi connectivity index (χ0n) is 11.6. The van der Waals surface area contributed by atoms with E-state index in [9.17, 15) is 14.4 Å². The van der Waals surface area contributed by atoms with Crippen LogP contribution >= 0.6 is 0 Å². The summed E-state index contributed by atoms with van der Waals surface area (Å²) in [5, 5.41) is 8.66. The van der Waals surface area contributed by atoms with Crippen LogP contribution < -0.4 is 0 Å². The lowest BCUT2D eigenvalue weighted by Gasteiger charge is -2.33. The fraction of sp³-hybridized carbons (Fsp3) is 0.769. The predicted octanol–water partition coefficient (Wildman–Crippen LogP) is 0.568. The minimum Gasteiger partial charge on any atom is -0.481 e. The van der Waals surface area contributed by atoms with Crippen molar-refractivity contribution in [2.75, 3.05) is 26.2 Å². The van der Waals surface area contributed by atoms with Gasteiger partial charge in [0.25, 0.3) is 0 Å². The van der Waals surface area contributed by atoms with E-state index in [1.165, 1.54) is 6.92 Å². The minimum absolute atomic E-state index is 0.0203. The Morgan fingerprint density at radius 2 is 1.84 bits per heavy atom. The molecule has 0 aromatic rings. The lowest BCUT2D eigenvalue weighted by molar-refractivity contribution is -0.142. The molecule has 1 rings (SSSR count). The summed E-state index contributed by atoms with van der Waals surface area (Å²) in [6.07, 6.45) is 1.32. The van der Waals surface area contributed by atoms with E-state index in [1.54, 1.807) is 9.80 Å². The number of hydrogen-bond donors (Lipinski definition) is 1. The van der Waals surface area contributed by atoms with Gasteiger partial charge in [-0.2, -0.15) is 0 Å². The first-order valence-electron chi connectivity index (χ1n) is 6.71. The number of carboxylic acid groups (broad SMARTS) is 1. The number of likely N-dealkylation sites (tertiary alicyclic amines) is 1. The monoisotopic (exact) mass is 270 g/mol. The van der Waals surface area contributed by atoms with Crippen molar-refractivity contribution in [2.24, 2.45) is 5.92 Å².